The number of alkyl halides is 1. The van der Waals surface area contributed by atoms with Crippen LogP contribution < -0.4 is 4.74 Å². The molecule has 0 radical (unpaired) electrons. The second-order valence-electron chi connectivity index (χ2n) is 2.49. The first-order valence-electron chi connectivity index (χ1n) is 3.73. The quantitative estimate of drug-likeness (QED) is 0.629. The molecule has 5 heteroatoms. The molecule has 0 aromatic heterocycles. The van der Waals surface area contributed by atoms with Crippen LogP contribution in [0.5, 0.6) is 5.75 Å². The fraction of sp³-hybridized carbons (Fsp3) is 0.222. The van der Waals surface area contributed by atoms with Gasteiger partial charge in [-0.1, -0.05) is 27.5 Å². The van der Waals surface area contributed by atoms with Crippen LogP contribution >= 0.6 is 27.5 Å². The van der Waals surface area contributed by atoms with E-state index in [1.165, 1.54) is 13.2 Å². The van der Waals surface area contributed by atoms with Gasteiger partial charge in [0, 0.05) is 0 Å². The highest BCUT2D eigenvalue weighted by Crippen LogP contribution is 2.31. The average molecular weight is 282 g/mol. The van der Waals surface area contributed by atoms with Crippen molar-refractivity contribution in [3.8, 4) is 5.75 Å². The molecule has 0 aliphatic carbocycles. The van der Waals surface area contributed by atoms with E-state index in [0.29, 0.717) is 0 Å². The van der Waals surface area contributed by atoms with E-state index >= 15 is 0 Å². The van der Waals surface area contributed by atoms with Gasteiger partial charge < -0.3 is 4.74 Å². The molecule has 0 unspecified atom stereocenters. The van der Waals surface area contributed by atoms with Gasteiger partial charge in [0.15, 0.2) is 11.5 Å². The third-order valence-electron chi connectivity index (χ3n) is 1.66. The van der Waals surface area contributed by atoms with Crippen LogP contribution in [0.2, 0.25) is 5.02 Å². The van der Waals surface area contributed by atoms with E-state index in [4.69, 9.17) is 16.3 Å². The van der Waals surface area contributed by atoms with E-state index in [1.54, 1.807) is 0 Å². The van der Waals surface area contributed by atoms with Gasteiger partial charge in [-0.15, -0.1) is 0 Å². The zero-order valence-corrected chi connectivity index (χ0v) is 9.65. The number of hydrogen-bond donors (Lipinski definition) is 0. The lowest BCUT2D eigenvalue weighted by molar-refractivity contribution is 0.101. The van der Waals surface area contributed by atoms with Crippen LogP contribution in [0.3, 0.4) is 0 Å². The number of ether oxygens (including phenoxy) is 1. The first-order chi connectivity index (χ1) is 6.61. The molecule has 1 rings (SSSR count). The van der Waals surface area contributed by atoms with Crippen LogP contribution in [-0.4, -0.2) is 18.2 Å². The van der Waals surface area contributed by atoms with Crippen LogP contribution in [0.1, 0.15) is 10.4 Å². The van der Waals surface area contributed by atoms with Crippen molar-refractivity contribution in [2.45, 2.75) is 0 Å². The maximum absolute atomic E-state index is 13.3. The molecule has 0 aliphatic rings. The summed E-state index contributed by atoms with van der Waals surface area (Å²) >= 11 is 8.70. The Kier molecular flexibility index (Phi) is 3.89. The molecule has 76 valence electrons. The van der Waals surface area contributed by atoms with Crippen molar-refractivity contribution in [2.75, 3.05) is 12.4 Å². The Balaban J connectivity index is 3.37. The molecule has 1 aromatic carbocycles. The van der Waals surface area contributed by atoms with Crippen molar-refractivity contribution in [2.24, 2.45) is 0 Å². The van der Waals surface area contributed by atoms with Crippen LogP contribution in [0, 0.1) is 5.82 Å². The molecule has 2 nitrogen and oxygen atoms in total. The number of ketones is 1. The van der Waals surface area contributed by atoms with Gasteiger partial charge >= 0.3 is 0 Å². The minimum absolute atomic E-state index is 0.0284. The van der Waals surface area contributed by atoms with Crippen molar-refractivity contribution in [1.82, 2.24) is 0 Å². The van der Waals surface area contributed by atoms with Gasteiger partial charge in [0.1, 0.15) is 5.82 Å². The molecule has 14 heavy (non-hydrogen) atoms. The predicted molar refractivity (Wildman–Crippen MR) is 56.1 cm³/mol. The van der Waals surface area contributed by atoms with E-state index in [2.05, 4.69) is 15.9 Å². The van der Waals surface area contributed by atoms with Crippen molar-refractivity contribution in [1.29, 1.82) is 0 Å². The summed E-state index contributed by atoms with van der Waals surface area (Å²) in [5.41, 5.74) is -0.114. The lowest BCUT2D eigenvalue weighted by atomic mass is 10.1. The van der Waals surface area contributed by atoms with Crippen molar-refractivity contribution < 1.29 is 13.9 Å². The standard InChI is InChI=1S/C9H7BrClFO2/c1-14-9-5(11)2-3-6(12)8(9)7(13)4-10/h2-3H,4H2,1H3. The molecule has 0 heterocycles. The second kappa shape index (κ2) is 4.75. The van der Waals surface area contributed by atoms with E-state index in [1.807, 2.05) is 0 Å². The Morgan fingerprint density at radius 3 is 2.79 bits per heavy atom. The first-order valence-corrected chi connectivity index (χ1v) is 5.23. The van der Waals surface area contributed by atoms with Gasteiger partial charge in [-0.2, -0.15) is 0 Å². The molecule has 0 saturated heterocycles. The molecule has 0 bridgehead atoms. The maximum atomic E-state index is 13.3. The average Bonchev–Trinajstić information content (AvgIpc) is 2.19. The Morgan fingerprint density at radius 2 is 2.29 bits per heavy atom. The summed E-state index contributed by atoms with van der Waals surface area (Å²) in [5, 5.41) is 0.249. The van der Waals surface area contributed by atoms with Gasteiger partial charge in [0.05, 0.1) is 23.0 Å². The monoisotopic (exact) mass is 280 g/mol. The molecule has 0 N–H and O–H groups in total. The minimum atomic E-state index is -0.629. The smallest absolute Gasteiger partial charge is 0.180 e. The third-order valence-corrected chi connectivity index (χ3v) is 2.47. The van der Waals surface area contributed by atoms with Crippen molar-refractivity contribution >= 4 is 33.3 Å². The van der Waals surface area contributed by atoms with Crippen molar-refractivity contribution in [3.05, 3.63) is 28.5 Å². The van der Waals surface area contributed by atoms with Crippen LogP contribution in [0.15, 0.2) is 12.1 Å². The molecule has 0 fully saturated rings. The van der Waals surface area contributed by atoms with E-state index in [0.717, 1.165) is 6.07 Å². The zero-order valence-electron chi connectivity index (χ0n) is 7.31. The Morgan fingerprint density at radius 1 is 1.64 bits per heavy atom. The number of benzene rings is 1. The Hall–Kier alpha value is -0.610. The van der Waals surface area contributed by atoms with Crippen molar-refractivity contribution in [3.63, 3.8) is 0 Å². The summed E-state index contributed by atoms with van der Waals surface area (Å²) in [6.45, 7) is 0. The number of halogens is 3. The first kappa shape index (κ1) is 11.5. The van der Waals surface area contributed by atoms with Gasteiger partial charge in [0.25, 0.3) is 0 Å². The summed E-state index contributed by atoms with van der Waals surface area (Å²) in [6, 6.07) is 2.49. The number of carbonyl (C=O) groups excluding carboxylic acids is 1. The molecule has 0 spiro atoms. The number of carbonyl (C=O) groups is 1. The molecular formula is C9H7BrClFO2. The Bertz CT molecular complexity index is 368. The zero-order chi connectivity index (χ0) is 10.7. The van der Waals surface area contributed by atoms with Gasteiger partial charge in [0.2, 0.25) is 0 Å². The fourth-order valence-electron chi connectivity index (χ4n) is 1.06. The number of hydrogen-bond acceptors (Lipinski definition) is 2. The highest BCUT2D eigenvalue weighted by Gasteiger charge is 2.19. The summed E-state index contributed by atoms with van der Waals surface area (Å²) in [7, 11) is 1.34. The summed E-state index contributed by atoms with van der Waals surface area (Å²) in [5.74, 6) is -0.950. The van der Waals surface area contributed by atoms with Crippen LogP contribution in [0.25, 0.3) is 0 Å². The lowest BCUT2D eigenvalue weighted by Gasteiger charge is -2.08. The largest absolute Gasteiger partial charge is 0.494 e. The number of rotatable bonds is 3. The fourth-order valence-corrected chi connectivity index (χ4v) is 1.57. The number of Topliss-reactive ketones (excluding diaryl/α,β-unsaturated/α-hetero) is 1. The molecule has 0 amide bonds. The van der Waals surface area contributed by atoms with E-state index in [-0.39, 0.29) is 21.7 Å². The molecule has 0 atom stereocenters. The van der Waals surface area contributed by atoms with Gasteiger partial charge in [-0.25, -0.2) is 4.39 Å². The molecule has 0 saturated carbocycles. The molecule has 1 aromatic rings. The van der Waals surface area contributed by atoms with Gasteiger partial charge in [-0.3, -0.25) is 4.79 Å². The number of methoxy groups -OCH3 is 1. The van der Waals surface area contributed by atoms with E-state index in [9.17, 15) is 9.18 Å². The topological polar surface area (TPSA) is 26.3 Å². The minimum Gasteiger partial charge on any atom is -0.494 e. The Labute approximate surface area is 94.1 Å². The predicted octanol–water partition coefficient (Wildman–Crippen LogP) is 3.07. The van der Waals surface area contributed by atoms with Gasteiger partial charge in [-0.05, 0) is 12.1 Å². The summed E-state index contributed by atoms with van der Waals surface area (Å²) in [4.78, 5) is 11.3. The second-order valence-corrected chi connectivity index (χ2v) is 3.46. The van der Waals surface area contributed by atoms with Crippen LogP contribution in [0.4, 0.5) is 4.39 Å². The highest BCUT2D eigenvalue weighted by atomic mass is 79.9. The lowest BCUT2D eigenvalue weighted by Crippen LogP contribution is -2.06. The highest BCUT2D eigenvalue weighted by molar-refractivity contribution is 9.09. The summed E-state index contributed by atoms with van der Waals surface area (Å²) in [6.07, 6.45) is 0. The third kappa shape index (κ3) is 2.07. The maximum Gasteiger partial charge on any atom is 0.180 e. The molecule has 0 aliphatic heterocycles. The normalized spacial score (nSPS) is 10.0. The van der Waals surface area contributed by atoms with E-state index < -0.39 is 11.6 Å². The molecular weight excluding hydrogens is 274 g/mol. The SMILES string of the molecule is COc1c(Cl)ccc(F)c1C(=O)CBr. The summed E-state index contributed by atoms with van der Waals surface area (Å²) < 4.78 is 18.1. The van der Waals surface area contributed by atoms with Crippen LogP contribution in [-0.2, 0) is 0 Å².